The van der Waals surface area contributed by atoms with Gasteiger partial charge in [-0.2, -0.15) is 0 Å². The first kappa shape index (κ1) is 20.9. The highest BCUT2D eigenvalue weighted by Crippen LogP contribution is 2.34. The highest BCUT2D eigenvalue weighted by atomic mass is 16.4. The second kappa shape index (κ2) is 7.72. The van der Waals surface area contributed by atoms with Gasteiger partial charge >= 0.3 is 6.09 Å². The van der Waals surface area contributed by atoms with Gasteiger partial charge in [-0.3, -0.25) is 4.90 Å². The summed E-state index contributed by atoms with van der Waals surface area (Å²) in [6.07, 6.45) is -0.176. The van der Waals surface area contributed by atoms with Gasteiger partial charge in [-0.15, -0.1) is 0 Å². The Kier molecular flexibility index (Phi) is 5.21. The summed E-state index contributed by atoms with van der Waals surface area (Å²) in [6.45, 7) is 9.03. The number of amides is 1. The van der Waals surface area contributed by atoms with Crippen LogP contribution in [0.1, 0.15) is 32.8 Å². The number of carbonyl (C=O) groups is 1. The molecule has 0 spiro atoms. The third-order valence-corrected chi connectivity index (χ3v) is 5.73. The van der Waals surface area contributed by atoms with Gasteiger partial charge in [0, 0.05) is 24.0 Å². The molecular weight excluding hydrogens is 392 g/mol. The predicted molar refractivity (Wildman–Crippen MR) is 122 cm³/mol. The van der Waals surface area contributed by atoms with Gasteiger partial charge in [0.15, 0.2) is 5.82 Å². The fourth-order valence-electron chi connectivity index (χ4n) is 4.38. The minimum absolute atomic E-state index is 0.124. The van der Waals surface area contributed by atoms with Crippen LogP contribution in [-0.2, 0) is 0 Å². The number of aromatic nitrogens is 2. The van der Waals surface area contributed by atoms with E-state index in [1.807, 2.05) is 52.0 Å². The second-order valence-electron chi connectivity index (χ2n) is 9.12. The van der Waals surface area contributed by atoms with Crippen molar-refractivity contribution in [3.05, 3.63) is 48.0 Å². The Balaban J connectivity index is 1.79. The maximum absolute atomic E-state index is 12.0. The van der Waals surface area contributed by atoms with Gasteiger partial charge in [0.05, 0.1) is 17.1 Å². The summed E-state index contributed by atoms with van der Waals surface area (Å²) >= 11 is 0. The molecule has 7 heteroatoms. The Bertz CT molecular complexity index is 1140. The van der Waals surface area contributed by atoms with E-state index in [9.17, 15) is 15.0 Å². The van der Waals surface area contributed by atoms with Gasteiger partial charge in [-0.25, -0.2) is 14.8 Å². The molecule has 2 heterocycles. The molecular formula is C24H28N4O3. The number of phenols is 1. The molecule has 1 fully saturated rings. The Labute approximate surface area is 182 Å². The van der Waals surface area contributed by atoms with Crippen molar-refractivity contribution >= 4 is 22.8 Å². The number of anilines is 1. The number of carboxylic acid groups (broad SMARTS) is 1. The second-order valence-corrected chi connectivity index (χ2v) is 9.12. The Hall–Kier alpha value is -3.35. The summed E-state index contributed by atoms with van der Waals surface area (Å²) in [5, 5.41) is 21.1. The number of hydrogen-bond donors (Lipinski definition) is 2. The largest absolute Gasteiger partial charge is 0.507 e. The zero-order chi connectivity index (χ0) is 22.3. The fourth-order valence-corrected chi connectivity index (χ4v) is 4.38. The van der Waals surface area contributed by atoms with E-state index in [-0.39, 0.29) is 11.8 Å². The normalized spacial score (nSPS) is 16.6. The fraction of sp³-hybridized carbons (Fsp3) is 0.375. The van der Waals surface area contributed by atoms with Crippen LogP contribution in [0.2, 0.25) is 0 Å². The van der Waals surface area contributed by atoms with Crippen LogP contribution in [0.5, 0.6) is 5.75 Å². The molecule has 2 N–H and O–H groups in total. The van der Waals surface area contributed by atoms with Crippen LogP contribution in [0.15, 0.2) is 42.5 Å². The smallest absolute Gasteiger partial charge is 0.408 e. The molecule has 3 aromatic rings. The van der Waals surface area contributed by atoms with Gasteiger partial charge in [0.2, 0.25) is 0 Å². The maximum Gasteiger partial charge on any atom is 0.408 e. The minimum atomic E-state index is -0.905. The summed E-state index contributed by atoms with van der Waals surface area (Å²) in [6, 6.07) is 13.0. The molecule has 162 valence electrons. The van der Waals surface area contributed by atoms with Gasteiger partial charge in [0.25, 0.3) is 0 Å². The molecule has 1 aliphatic heterocycles. The highest BCUT2D eigenvalue weighted by molar-refractivity contribution is 5.92. The number of aromatic hydroxyl groups is 1. The van der Waals surface area contributed by atoms with Crippen LogP contribution >= 0.6 is 0 Å². The number of rotatable bonds is 3. The maximum atomic E-state index is 12.0. The predicted octanol–water partition coefficient (Wildman–Crippen LogP) is 4.67. The summed E-state index contributed by atoms with van der Waals surface area (Å²) in [5.41, 5.74) is 1.98. The Morgan fingerprint density at radius 2 is 1.90 bits per heavy atom. The standard InChI is InChI=1S/C24H28N4O3/c1-15-9-10-17-19(13-15)25-21(18-7-5-6-8-20(18)29)26-22(17)27-12-11-16(14-27)28(23(30)31)24(2,3)4/h5-10,13,16,29H,11-12,14H2,1-4H3,(H,30,31). The van der Waals surface area contributed by atoms with E-state index in [2.05, 4.69) is 4.90 Å². The molecule has 31 heavy (non-hydrogen) atoms. The van der Waals surface area contributed by atoms with Gasteiger partial charge in [-0.1, -0.05) is 18.2 Å². The van der Waals surface area contributed by atoms with E-state index in [1.165, 1.54) is 0 Å². The lowest BCUT2D eigenvalue weighted by atomic mass is 10.0. The Morgan fingerprint density at radius 1 is 1.16 bits per heavy atom. The summed E-state index contributed by atoms with van der Waals surface area (Å²) in [7, 11) is 0. The number of benzene rings is 2. The monoisotopic (exact) mass is 420 g/mol. The quantitative estimate of drug-likeness (QED) is 0.640. The van der Waals surface area contributed by atoms with Gasteiger partial charge < -0.3 is 15.1 Å². The lowest BCUT2D eigenvalue weighted by Crippen LogP contribution is -2.52. The van der Waals surface area contributed by atoms with E-state index in [1.54, 1.807) is 23.1 Å². The molecule has 1 aliphatic rings. The van der Waals surface area contributed by atoms with Crippen LogP contribution in [0.3, 0.4) is 0 Å². The van der Waals surface area contributed by atoms with Crippen LogP contribution in [0.25, 0.3) is 22.3 Å². The Morgan fingerprint density at radius 3 is 2.58 bits per heavy atom. The molecule has 0 aliphatic carbocycles. The first-order valence-corrected chi connectivity index (χ1v) is 10.5. The number of phenolic OH excluding ortho intramolecular Hbond substituents is 1. The number of nitrogens with zero attached hydrogens (tertiary/aromatic N) is 4. The third-order valence-electron chi connectivity index (χ3n) is 5.73. The molecule has 0 radical (unpaired) electrons. The van der Waals surface area contributed by atoms with Crippen molar-refractivity contribution < 1.29 is 15.0 Å². The topological polar surface area (TPSA) is 89.8 Å². The molecule has 7 nitrogen and oxygen atoms in total. The summed E-state index contributed by atoms with van der Waals surface area (Å²) in [5.74, 6) is 1.36. The lowest BCUT2D eigenvalue weighted by molar-refractivity contribution is 0.0763. The first-order valence-electron chi connectivity index (χ1n) is 10.5. The first-order chi connectivity index (χ1) is 14.6. The number of para-hydroxylation sites is 1. The zero-order valence-electron chi connectivity index (χ0n) is 18.3. The van der Waals surface area contributed by atoms with Crippen LogP contribution in [0.4, 0.5) is 10.6 Å². The van der Waals surface area contributed by atoms with Crippen molar-refractivity contribution in [2.24, 2.45) is 0 Å². The van der Waals surface area contributed by atoms with Crippen LogP contribution < -0.4 is 4.90 Å². The molecule has 0 saturated carbocycles. The molecule has 1 unspecified atom stereocenters. The average Bonchev–Trinajstić information content (AvgIpc) is 3.14. The van der Waals surface area contributed by atoms with E-state index in [0.29, 0.717) is 24.5 Å². The molecule has 1 amide bonds. The summed E-state index contributed by atoms with van der Waals surface area (Å²) < 4.78 is 0. The summed E-state index contributed by atoms with van der Waals surface area (Å²) in [4.78, 5) is 25.2. The molecule has 0 bridgehead atoms. The molecule has 2 aromatic carbocycles. The molecule has 4 rings (SSSR count). The van der Waals surface area contributed by atoms with Crippen molar-refractivity contribution in [1.82, 2.24) is 14.9 Å². The number of aryl methyl sites for hydroxylation is 1. The van der Waals surface area contributed by atoms with E-state index in [4.69, 9.17) is 9.97 Å². The molecule has 1 atom stereocenters. The van der Waals surface area contributed by atoms with Crippen LogP contribution in [0, 0.1) is 6.92 Å². The van der Waals surface area contributed by atoms with Crippen molar-refractivity contribution in [2.45, 2.75) is 45.7 Å². The van der Waals surface area contributed by atoms with E-state index in [0.717, 1.165) is 28.7 Å². The van der Waals surface area contributed by atoms with E-state index < -0.39 is 11.6 Å². The van der Waals surface area contributed by atoms with Crippen molar-refractivity contribution in [2.75, 3.05) is 18.0 Å². The SMILES string of the molecule is Cc1ccc2c(N3CCC(N(C(=O)O)C(C)(C)C)C3)nc(-c3ccccc3O)nc2c1. The van der Waals surface area contributed by atoms with Crippen LogP contribution in [-0.4, -0.2) is 55.8 Å². The highest BCUT2D eigenvalue weighted by Gasteiger charge is 2.38. The van der Waals surface area contributed by atoms with Gasteiger partial charge in [0.1, 0.15) is 11.6 Å². The van der Waals surface area contributed by atoms with Crippen molar-refractivity contribution in [1.29, 1.82) is 0 Å². The van der Waals surface area contributed by atoms with E-state index >= 15 is 0 Å². The number of fused-ring (bicyclic) bond motifs is 1. The lowest BCUT2D eigenvalue weighted by Gasteiger charge is -2.38. The molecule has 1 saturated heterocycles. The van der Waals surface area contributed by atoms with Gasteiger partial charge in [-0.05, 0) is 63.9 Å². The minimum Gasteiger partial charge on any atom is -0.507 e. The zero-order valence-corrected chi connectivity index (χ0v) is 18.3. The molecule has 1 aromatic heterocycles. The third kappa shape index (κ3) is 4.00. The number of hydrogen-bond acceptors (Lipinski definition) is 5. The van der Waals surface area contributed by atoms with Crippen molar-refractivity contribution in [3.8, 4) is 17.1 Å². The van der Waals surface area contributed by atoms with Crippen molar-refractivity contribution in [3.63, 3.8) is 0 Å². The average molecular weight is 421 g/mol.